The van der Waals surface area contributed by atoms with Gasteiger partial charge in [-0.05, 0) is 48.9 Å². The number of aryl methyl sites for hydroxylation is 1. The van der Waals surface area contributed by atoms with Crippen LogP contribution in [0.25, 0.3) is 0 Å². The highest BCUT2D eigenvalue weighted by molar-refractivity contribution is 6.31. The summed E-state index contributed by atoms with van der Waals surface area (Å²) < 4.78 is 13.0. The minimum atomic E-state index is -0.524. The molecule has 0 atom stereocenters. The molecule has 0 heterocycles. The summed E-state index contributed by atoms with van der Waals surface area (Å²) in [4.78, 5) is 11.8. The van der Waals surface area contributed by atoms with Crippen molar-refractivity contribution < 1.29 is 9.18 Å². The fourth-order valence-corrected chi connectivity index (χ4v) is 2.19. The van der Waals surface area contributed by atoms with Crippen LogP contribution in [0.1, 0.15) is 5.56 Å². The van der Waals surface area contributed by atoms with Gasteiger partial charge in [-0.2, -0.15) is 0 Å². The van der Waals surface area contributed by atoms with Gasteiger partial charge in [0.2, 0.25) is 5.91 Å². The second kappa shape index (κ2) is 6.78. The van der Waals surface area contributed by atoms with Gasteiger partial charge >= 0.3 is 0 Å². The van der Waals surface area contributed by atoms with Crippen LogP contribution in [0.3, 0.4) is 0 Å². The van der Waals surface area contributed by atoms with Crippen molar-refractivity contribution in [3.63, 3.8) is 0 Å². The highest BCUT2D eigenvalue weighted by Gasteiger charge is 2.06. The summed E-state index contributed by atoms with van der Waals surface area (Å²) in [5.41, 5.74) is 2.22. The Hall–Kier alpha value is -1.78. The Kier molecular flexibility index (Phi) is 5.04. The molecule has 0 aliphatic heterocycles. The van der Waals surface area contributed by atoms with E-state index < -0.39 is 5.82 Å². The van der Waals surface area contributed by atoms with Gasteiger partial charge in [-0.3, -0.25) is 4.79 Å². The number of benzene rings is 2. The van der Waals surface area contributed by atoms with Crippen molar-refractivity contribution in [2.75, 3.05) is 17.2 Å². The van der Waals surface area contributed by atoms with E-state index >= 15 is 0 Å². The van der Waals surface area contributed by atoms with E-state index in [-0.39, 0.29) is 17.5 Å². The number of halogens is 3. The number of rotatable bonds is 4. The van der Waals surface area contributed by atoms with Crippen LogP contribution in [-0.4, -0.2) is 12.5 Å². The molecule has 0 unspecified atom stereocenters. The molecule has 0 aliphatic carbocycles. The molecule has 0 saturated carbocycles. The summed E-state index contributed by atoms with van der Waals surface area (Å²) in [6.07, 6.45) is 0. The second-order valence-corrected chi connectivity index (χ2v) is 5.33. The SMILES string of the molecule is Cc1cc(Cl)ccc1NCC(=O)Nc1ccc(F)c(Cl)c1. The number of nitrogens with one attached hydrogen (secondary N) is 2. The van der Waals surface area contributed by atoms with Crippen molar-refractivity contribution in [3.05, 3.63) is 57.8 Å². The predicted octanol–water partition coefficient (Wildman–Crippen LogP) is 4.49. The van der Waals surface area contributed by atoms with E-state index in [1.54, 1.807) is 12.1 Å². The fourth-order valence-electron chi connectivity index (χ4n) is 1.78. The van der Waals surface area contributed by atoms with Crippen LogP contribution in [0.15, 0.2) is 36.4 Å². The van der Waals surface area contributed by atoms with Crippen LogP contribution in [0, 0.1) is 12.7 Å². The third-order valence-corrected chi connectivity index (χ3v) is 3.36. The predicted molar refractivity (Wildman–Crippen MR) is 84.7 cm³/mol. The van der Waals surface area contributed by atoms with Crippen molar-refractivity contribution in [1.82, 2.24) is 0 Å². The van der Waals surface area contributed by atoms with E-state index in [0.717, 1.165) is 11.3 Å². The van der Waals surface area contributed by atoms with Crippen molar-refractivity contribution in [2.24, 2.45) is 0 Å². The molecule has 0 aromatic heterocycles. The monoisotopic (exact) mass is 326 g/mol. The standard InChI is InChI=1S/C15H13Cl2FN2O/c1-9-6-10(16)2-5-14(9)19-8-15(21)20-11-3-4-13(18)12(17)7-11/h2-7,19H,8H2,1H3,(H,20,21). The van der Waals surface area contributed by atoms with Gasteiger partial charge < -0.3 is 10.6 Å². The van der Waals surface area contributed by atoms with Crippen molar-refractivity contribution >= 4 is 40.5 Å². The van der Waals surface area contributed by atoms with Gasteiger partial charge in [-0.15, -0.1) is 0 Å². The Morgan fingerprint density at radius 3 is 2.62 bits per heavy atom. The van der Waals surface area contributed by atoms with E-state index in [1.807, 2.05) is 13.0 Å². The summed E-state index contributed by atoms with van der Waals surface area (Å²) in [6, 6.07) is 9.37. The maximum absolute atomic E-state index is 13.0. The molecular formula is C15H13Cl2FN2O. The minimum Gasteiger partial charge on any atom is -0.376 e. The molecule has 3 nitrogen and oxygen atoms in total. The van der Waals surface area contributed by atoms with E-state index in [2.05, 4.69) is 10.6 Å². The maximum atomic E-state index is 13.0. The minimum absolute atomic E-state index is 0.0331. The molecule has 2 N–H and O–H groups in total. The summed E-state index contributed by atoms with van der Waals surface area (Å²) >= 11 is 11.5. The fraction of sp³-hybridized carbons (Fsp3) is 0.133. The van der Waals surface area contributed by atoms with Crippen LogP contribution in [-0.2, 0) is 4.79 Å². The Balaban J connectivity index is 1.94. The summed E-state index contributed by atoms with van der Waals surface area (Å²) in [5, 5.41) is 6.25. The maximum Gasteiger partial charge on any atom is 0.243 e. The smallest absolute Gasteiger partial charge is 0.243 e. The average Bonchev–Trinajstić information content (AvgIpc) is 2.42. The van der Waals surface area contributed by atoms with Crippen LogP contribution in [0.5, 0.6) is 0 Å². The molecule has 110 valence electrons. The number of carbonyl (C=O) groups is 1. The lowest BCUT2D eigenvalue weighted by Gasteiger charge is -2.10. The van der Waals surface area contributed by atoms with Gasteiger partial charge in [0.25, 0.3) is 0 Å². The van der Waals surface area contributed by atoms with Crippen LogP contribution >= 0.6 is 23.2 Å². The number of carbonyl (C=O) groups excluding carboxylic acids is 1. The number of amides is 1. The van der Waals surface area contributed by atoms with E-state index in [9.17, 15) is 9.18 Å². The van der Waals surface area contributed by atoms with Gasteiger partial charge in [0.05, 0.1) is 11.6 Å². The zero-order valence-corrected chi connectivity index (χ0v) is 12.7. The molecule has 0 aliphatic rings. The number of hydrogen-bond donors (Lipinski definition) is 2. The third kappa shape index (κ3) is 4.34. The molecule has 6 heteroatoms. The van der Waals surface area contributed by atoms with Crippen molar-refractivity contribution in [2.45, 2.75) is 6.92 Å². The van der Waals surface area contributed by atoms with Crippen molar-refractivity contribution in [1.29, 1.82) is 0 Å². The molecule has 0 saturated heterocycles. The first-order valence-electron chi connectivity index (χ1n) is 6.20. The molecule has 0 radical (unpaired) electrons. The van der Waals surface area contributed by atoms with Gasteiger partial charge in [0.1, 0.15) is 5.82 Å². The summed E-state index contributed by atoms with van der Waals surface area (Å²) in [7, 11) is 0. The van der Waals surface area contributed by atoms with Crippen LogP contribution in [0.2, 0.25) is 10.0 Å². The molecular weight excluding hydrogens is 314 g/mol. The first-order valence-corrected chi connectivity index (χ1v) is 6.96. The van der Waals surface area contributed by atoms with Gasteiger partial charge in [0, 0.05) is 16.4 Å². The first kappa shape index (κ1) is 15.6. The molecule has 0 spiro atoms. The first-order chi connectivity index (χ1) is 9.95. The van der Waals surface area contributed by atoms with E-state index in [0.29, 0.717) is 10.7 Å². The van der Waals surface area contributed by atoms with Gasteiger partial charge in [-0.25, -0.2) is 4.39 Å². The molecule has 1 amide bonds. The molecule has 2 aromatic rings. The van der Waals surface area contributed by atoms with E-state index in [4.69, 9.17) is 23.2 Å². The highest BCUT2D eigenvalue weighted by atomic mass is 35.5. The quantitative estimate of drug-likeness (QED) is 0.869. The third-order valence-electron chi connectivity index (χ3n) is 2.83. The number of hydrogen-bond acceptors (Lipinski definition) is 2. The molecule has 2 rings (SSSR count). The molecule has 2 aromatic carbocycles. The van der Waals surface area contributed by atoms with Crippen molar-refractivity contribution in [3.8, 4) is 0 Å². The second-order valence-electron chi connectivity index (χ2n) is 4.49. The largest absolute Gasteiger partial charge is 0.376 e. The van der Waals surface area contributed by atoms with E-state index in [1.165, 1.54) is 18.2 Å². The van der Waals surface area contributed by atoms with Crippen LogP contribution < -0.4 is 10.6 Å². The molecule has 0 bridgehead atoms. The lowest BCUT2D eigenvalue weighted by atomic mass is 10.2. The van der Waals surface area contributed by atoms with Gasteiger partial charge in [0.15, 0.2) is 0 Å². The summed E-state index contributed by atoms with van der Waals surface area (Å²) in [6.45, 7) is 1.98. The Morgan fingerprint density at radius 1 is 1.19 bits per heavy atom. The van der Waals surface area contributed by atoms with Crippen LogP contribution in [0.4, 0.5) is 15.8 Å². The molecule has 21 heavy (non-hydrogen) atoms. The zero-order chi connectivity index (χ0) is 15.4. The number of anilines is 2. The van der Waals surface area contributed by atoms with Gasteiger partial charge in [-0.1, -0.05) is 23.2 Å². The lowest BCUT2D eigenvalue weighted by Crippen LogP contribution is -2.22. The Bertz CT molecular complexity index is 677. The highest BCUT2D eigenvalue weighted by Crippen LogP contribution is 2.20. The summed E-state index contributed by atoms with van der Waals surface area (Å²) in [5.74, 6) is -0.781. The Labute approximate surface area is 132 Å². The normalized spacial score (nSPS) is 10.3. The zero-order valence-electron chi connectivity index (χ0n) is 11.2. The topological polar surface area (TPSA) is 41.1 Å². The lowest BCUT2D eigenvalue weighted by molar-refractivity contribution is -0.114. The Morgan fingerprint density at radius 2 is 1.95 bits per heavy atom. The average molecular weight is 327 g/mol. The molecule has 0 fully saturated rings.